The van der Waals surface area contributed by atoms with Crippen molar-refractivity contribution in [3.05, 3.63) is 24.8 Å². The molecule has 0 spiro atoms. The zero-order valence-corrected chi connectivity index (χ0v) is 13.3. The summed E-state index contributed by atoms with van der Waals surface area (Å²) < 4.78 is 5.69. The highest BCUT2D eigenvalue weighted by Gasteiger charge is 2.45. The number of allylic oxidation sites excluding steroid dienone is 1. The van der Waals surface area contributed by atoms with Gasteiger partial charge in [-0.1, -0.05) is 25.2 Å². The van der Waals surface area contributed by atoms with Crippen molar-refractivity contribution in [2.45, 2.75) is 53.6 Å². The first-order valence-corrected chi connectivity index (χ1v) is 7.04. The number of Topliss-reactive ketones (excluding diaryl/α,β-unsaturated/α-hetero) is 1. The van der Waals surface area contributed by atoms with Crippen LogP contribution < -0.4 is 0 Å². The Bertz CT molecular complexity index is 442. The summed E-state index contributed by atoms with van der Waals surface area (Å²) >= 11 is 0. The maximum Gasteiger partial charge on any atom is 0.311 e. The van der Waals surface area contributed by atoms with Crippen LogP contribution in [0.3, 0.4) is 0 Å². The van der Waals surface area contributed by atoms with Gasteiger partial charge in [0.15, 0.2) is 0 Å². The molecule has 20 heavy (non-hydrogen) atoms. The van der Waals surface area contributed by atoms with Crippen LogP contribution in [0.25, 0.3) is 0 Å². The molecule has 1 saturated carbocycles. The van der Waals surface area contributed by atoms with Crippen molar-refractivity contribution in [1.29, 1.82) is 0 Å². The van der Waals surface area contributed by atoms with Gasteiger partial charge in [0, 0.05) is 17.8 Å². The van der Waals surface area contributed by atoms with Gasteiger partial charge >= 0.3 is 5.97 Å². The molecule has 112 valence electrons. The largest absolute Gasteiger partial charge is 0.461 e. The summed E-state index contributed by atoms with van der Waals surface area (Å²) in [7, 11) is 0. The molecule has 0 heterocycles. The first kappa shape index (κ1) is 16.7. The van der Waals surface area contributed by atoms with Crippen LogP contribution in [0.2, 0.25) is 0 Å². The second kappa shape index (κ2) is 5.55. The molecule has 0 saturated heterocycles. The molecule has 0 bridgehead atoms. The zero-order chi connectivity index (χ0) is 15.7. The lowest BCUT2D eigenvalue weighted by atomic mass is 9.67. The second-order valence-corrected chi connectivity index (χ2v) is 7.13. The Morgan fingerprint density at radius 2 is 2.00 bits per heavy atom. The lowest BCUT2D eigenvalue weighted by molar-refractivity contribution is -0.168. The van der Waals surface area contributed by atoms with Gasteiger partial charge in [-0.15, -0.1) is 6.58 Å². The van der Waals surface area contributed by atoms with Gasteiger partial charge in [0.2, 0.25) is 0 Å². The molecule has 1 fully saturated rings. The van der Waals surface area contributed by atoms with Gasteiger partial charge in [-0.25, -0.2) is 0 Å². The van der Waals surface area contributed by atoms with Gasteiger partial charge in [-0.2, -0.15) is 0 Å². The van der Waals surface area contributed by atoms with E-state index in [1.165, 1.54) is 0 Å². The van der Waals surface area contributed by atoms with Crippen LogP contribution in [0, 0.1) is 16.7 Å². The number of carbonyl (C=O) groups is 2. The first-order chi connectivity index (χ1) is 9.01. The molecule has 0 aromatic carbocycles. The molecule has 0 N–H and O–H groups in total. The fourth-order valence-corrected chi connectivity index (χ4v) is 2.40. The van der Waals surface area contributed by atoms with Crippen molar-refractivity contribution in [1.82, 2.24) is 0 Å². The Morgan fingerprint density at radius 3 is 2.40 bits per heavy atom. The molecule has 1 rings (SSSR count). The molecule has 3 heteroatoms. The van der Waals surface area contributed by atoms with E-state index in [0.717, 1.165) is 5.57 Å². The minimum atomic E-state index is -0.553. The molecule has 3 nitrogen and oxygen atoms in total. The summed E-state index contributed by atoms with van der Waals surface area (Å²) in [5, 5.41) is 0. The molecule has 0 aromatic rings. The highest BCUT2D eigenvalue weighted by molar-refractivity contribution is 5.85. The van der Waals surface area contributed by atoms with E-state index in [2.05, 4.69) is 13.2 Å². The van der Waals surface area contributed by atoms with E-state index >= 15 is 0 Å². The Kier molecular flexibility index (Phi) is 4.62. The fraction of sp³-hybridized carbons (Fsp3) is 0.647. The first-order valence-electron chi connectivity index (χ1n) is 7.04. The summed E-state index contributed by atoms with van der Waals surface area (Å²) in [6.45, 7) is 16.9. The number of hydrogen-bond acceptors (Lipinski definition) is 3. The van der Waals surface area contributed by atoms with E-state index < -0.39 is 10.8 Å². The number of rotatable bonds is 3. The Morgan fingerprint density at radius 1 is 1.45 bits per heavy atom. The van der Waals surface area contributed by atoms with E-state index in [-0.39, 0.29) is 23.8 Å². The van der Waals surface area contributed by atoms with E-state index in [4.69, 9.17) is 4.74 Å². The standard InChI is InChI=1S/C17H26O3/c1-8-17(7)10-13(18)12(11(2)3)9-14(17)20-15(19)16(4,5)6/h8,12,14H,1-2,9-10H2,3-7H3/t12-,14+,17+/m1/s1. The summed E-state index contributed by atoms with van der Waals surface area (Å²) in [4.78, 5) is 24.3. The third kappa shape index (κ3) is 3.38. The van der Waals surface area contributed by atoms with E-state index in [9.17, 15) is 9.59 Å². The topological polar surface area (TPSA) is 43.4 Å². The average Bonchev–Trinajstić information content (AvgIpc) is 2.30. The Labute approximate surface area is 122 Å². The molecule has 0 aliphatic heterocycles. The number of hydrogen-bond donors (Lipinski definition) is 0. The predicted molar refractivity (Wildman–Crippen MR) is 80.2 cm³/mol. The quantitative estimate of drug-likeness (QED) is 0.584. The SMILES string of the molecule is C=C[C@@]1(C)CC(=O)[C@@H](C(=C)C)C[C@@H]1OC(=O)C(C)(C)C. The Balaban J connectivity index is 3.00. The number of ketones is 1. The lowest BCUT2D eigenvalue weighted by Gasteiger charge is -2.42. The smallest absolute Gasteiger partial charge is 0.311 e. The second-order valence-electron chi connectivity index (χ2n) is 7.13. The van der Waals surface area contributed by atoms with Crippen molar-refractivity contribution in [2.24, 2.45) is 16.7 Å². The fourth-order valence-electron chi connectivity index (χ4n) is 2.40. The third-order valence-electron chi connectivity index (χ3n) is 4.05. The van der Waals surface area contributed by atoms with E-state index in [1.807, 2.05) is 34.6 Å². The van der Waals surface area contributed by atoms with E-state index in [1.54, 1.807) is 6.08 Å². The van der Waals surface area contributed by atoms with Crippen molar-refractivity contribution >= 4 is 11.8 Å². The third-order valence-corrected chi connectivity index (χ3v) is 4.05. The molecule has 0 unspecified atom stereocenters. The van der Waals surface area contributed by atoms with Crippen LogP contribution in [0.4, 0.5) is 0 Å². The molecule has 0 radical (unpaired) electrons. The summed E-state index contributed by atoms with van der Waals surface area (Å²) in [5.41, 5.74) is -0.218. The lowest BCUT2D eigenvalue weighted by Crippen LogP contribution is -2.46. The van der Waals surface area contributed by atoms with Gasteiger partial charge in [-0.3, -0.25) is 9.59 Å². The van der Waals surface area contributed by atoms with Crippen molar-refractivity contribution < 1.29 is 14.3 Å². The Hall–Kier alpha value is -1.38. The van der Waals surface area contributed by atoms with Crippen LogP contribution in [0.1, 0.15) is 47.5 Å². The van der Waals surface area contributed by atoms with Crippen LogP contribution in [-0.4, -0.2) is 17.9 Å². The van der Waals surface area contributed by atoms with Gasteiger partial charge < -0.3 is 4.74 Å². The van der Waals surface area contributed by atoms with Crippen LogP contribution >= 0.6 is 0 Å². The highest BCUT2D eigenvalue weighted by atomic mass is 16.5. The maximum absolute atomic E-state index is 12.2. The van der Waals surface area contributed by atoms with Crippen LogP contribution in [-0.2, 0) is 14.3 Å². The number of ether oxygens (including phenoxy) is 1. The van der Waals surface area contributed by atoms with E-state index in [0.29, 0.717) is 12.8 Å². The molecule has 3 atom stereocenters. The van der Waals surface area contributed by atoms with Gasteiger partial charge in [0.25, 0.3) is 0 Å². The molecular weight excluding hydrogens is 252 g/mol. The minimum absolute atomic E-state index is 0.156. The summed E-state index contributed by atoms with van der Waals surface area (Å²) in [6.07, 6.45) is 2.25. The van der Waals surface area contributed by atoms with Crippen molar-refractivity contribution in [3.8, 4) is 0 Å². The summed E-state index contributed by atoms with van der Waals surface area (Å²) in [5.74, 6) is -0.311. The zero-order valence-electron chi connectivity index (χ0n) is 13.3. The normalized spacial score (nSPS) is 30.8. The monoisotopic (exact) mass is 278 g/mol. The number of carbonyl (C=O) groups excluding carboxylic acids is 2. The van der Waals surface area contributed by atoms with Gasteiger partial charge in [0.1, 0.15) is 11.9 Å². The maximum atomic E-state index is 12.2. The van der Waals surface area contributed by atoms with Crippen molar-refractivity contribution in [3.63, 3.8) is 0 Å². The molecule has 1 aliphatic rings. The highest BCUT2D eigenvalue weighted by Crippen LogP contribution is 2.42. The summed E-state index contributed by atoms with van der Waals surface area (Å²) in [6, 6.07) is 0. The average molecular weight is 278 g/mol. The molecule has 0 amide bonds. The van der Waals surface area contributed by atoms with Gasteiger partial charge in [0.05, 0.1) is 5.41 Å². The molecular formula is C17H26O3. The van der Waals surface area contributed by atoms with Crippen molar-refractivity contribution in [2.75, 3.05) is 0 Å². The van der Waals surface area contributed by atoms with Gasteiger partial charge in [-0.05, 0) is 34.1 Å². The predicted octanol–water partition coefficient (Wildman–Crippen LogP) is 3.69. The number of esters is 1. The molecule has 0 aromatic heterocycles. The van der Waals surface area contributed by atoms with Crippen LogP contribution in [0.15, 0.2) is 24.8 Å². The minimum Gasteiger partial charge on any atom is -0.461 e. The molecule has 1 aliphatic carbocycles. The van der Waals surface area contributed by atoms with Crippen LogP contribution in [0.5, 0.6) is 0 Å².